The summed E-state index contributed by atoms with van der Waals surface area (Å²) in [7, 11) is 0. The largest absolute Gasteiger partial charge is 0.490 e. The van der Waals surface area contributed by atoms with Crippen LogP contribution in [0.3, 0.4) is 0 Å². The van der Waals surface area contributed by atoms with Crippen LogP contribution < -0.4 is 15.2 Å². The molecule has 2 N–H and O–H groups in total. The van der Waals surface area contributed by atoms with Gasteiger partial charge in [0.2, 0.25) is 0 Å². The fourth-order valence-electron chi connectivity index (χ4n) is 1.81. The molecule has 4 heteroatoms. The van der Waals surface area contributed by atoms with E-state index in [0.29, 0.717) is 25.5 Å². The summed E-state index contributed by atoms with van der Waals surface area (Å²) in [6.45, 7) is 1.47. The Morgan fingerprint density at radius 2 is 1.60 bits per heavy atom. The number of benzene rings is 2. The van der Waals surface area contributed by atoms with Gasteiger partial charge in [0.15, 0.2) is 0 Å². The fraction of sp³-hybridized carbons (Fsp3) is 0.250. The van der Waals surface area contributed by atoms with E-state index in [0.717, 1.165) is 17.7 Å². The van der Waals surface area contributed by atoms with Gasteiger partial charge in [-0.15, -0.1) is 0 Å². The topological polar surface area (TPSA) is 44.5 Å². The van der Waals surface area contributed by atoms with Crippen molar-refractivity contribution in [3.05, 3.63) is 59.9 Å². The van der Waals surface area contributed by atoms with Gasteiger partial charge in [-0.25, -0.2) is 4.39 Å². The molecule has 106 valence electrons. The van der Waals surface area contributed by atoms with Crippen LogP contribution in [0.25, 0.3) is 0 Å². The van der Waals surface area contributed by atoms with E-state index >= 15 is 0 Å². The monoisotopic (exact) mass is 275 g/mol. The second-order valence-corrected chi connectivity index (χ2v) is 4.34. The molecule has 0 aliphatic heterocycles. The van der Waals surface area contributed by atoms with Gasteiger partial charge in [0.25, 0.3) is 0 Å². The van der Waals surface area contributed by atoms with Crippen molar-refractivity contribution >= 4 is 0 Å². The molecule has 0 atom stereocenters. The zero-order valence-corrected chi connectivity index (χ0v) is 11.2. The zero-order chi connectivity index (χ0) is 14.2. The third-order valence-electron chi connectivity index (χ3n) is 2.77. The second-order valence-electron chi connectivity index (χ2n) is 4.34. The molecule has 0 saturated heterocycles. The highest BCUT2D eigenvalue weighted by Gasteiger charge is 1.98. The summed E-state index contributed by atoms with van der Waals surface area (Å²) in [6, 6.07) is 13.8. The summed E-state index contributed by atoms with van der Waals surface area (Å²) in [5.74, 6) is 1.16. The molecule has 3 nitrogen and oxygen atoms in total. The van der Waals surface area contributed by atoms with E-state index in [4.69, 9.17) is 15.2 Å². The Labute approximate surface area is 118 Å². The van der Waals surface area contributed by atoms with Crippen molar-refractivity contribution in [3.63, 3.8) is 0 Å². The first-order valence-electron chi connectivity index (χ1n) is 6.58. The predicted octanol–water partition coefficient (Wildman–Crippen LogP) is 2.78. The Balaban J connectivity index is 1.75. The smallest absolute Gasteiger partial charge is 0.123 e. The van der Waals surface area contributed by atoms with E-state index in [1.165, 1.54) is 12.1 Å². The summed E-state index contributed by atoms with van der Waals surface area (Å²) in [4.78, 5) is 0. The van der Waals surface area contributed by atoms with Crippen molar-refractivity contribution in [2.75, 3.05) is 19.8 Å². The third kappa shape index (κ3) is 4.55. The summed E-state index contributed by atoms with van der Waals surface area (Å²) in [5.41, 5.74) is 6.68. The maximum Gasteiger partial charge on any atom is 0.123 e. The molecule has 2 rings (SSSR count). The molecule has 0 fully saturated rings. The van der Waals surface area contributed by atoms with Gasteiger partial charge in [-0.1, -0.05) is 12.1 Å². The number of halogens is 1. The molecule has 2 aromatic rings. The predicted molar refractivity (Wildman–Crippen MR) is 76.6 cm³/mol. The van der Waals surface area contributed by atoms with Crippen LogP contribution in [0.1, 0.15) is 5.56 Å². The van der Waals surface area contributed by atoms with Gasteiger partial charge in [-0.3, -0.25) is 0 Å². The number of hydrogen-bond acceptors (Lipinski definition) is 3. The van der Waals surface area contributed by atoms with Gasteiger partial charge in [0.05, 0.1) is 0 Å². The highest BCUT2D eigenvalue weighted by Crippen LogP contribution is 2.14. The highest BCUT2D eigenvalue weighted by atomic mass is 19.1. The molecule has 20 heavy (non-hydrogen) atoms. The molecular formula is C16H18FNO2. The maximum absolute atomic E-state index is 12.7. The van der Waals surface area contributed by atoms with Crippen LogP contribution in [0.5, 0.6) is 11.5 Å². The molecule has 0 heterocycles. The minimum absolute atomic E-state index is 0.273. The third-order valence-corrected chi connectivity index (χ3v) is 2.77. The Bertz CT molecular complexity index is 528. The number of nitrogens with two attached hydrogens (primary N) is 1. The van der Waals surface area contributed by atoms with Crippen LogP contribution in [0, 0.1) is 5.82 Å². The Morgan fingerprint density at radius 1 is 0.900 bits per heavy atom. The second kappa shape index (κ2) is 7.50. The fourth-order valence-corrected chi connectivity index (χ4v) is 1.81. The molecule has 0 unspecified atom stereocenters. The first kappa shape index (κ1) is 14.3. The van der Waals surface area contributed by atoms with Crippen LogP contribution >= 0.6 is 0 Å². The first-order valence-corrected chi connectivity index (χ1v) is 6.58. The van der Waals surface area contributed by atoms with Crippen molar-refractivity contribution in [2.45, 2.75) is 6.42 Å². The van der Waals surface area contributed by atoms with Gasteiger partial charge < -0.3 is 15.2 Å². The minimum atomic E-state index is -0.273. The van der Waals surface area contributed by atoms with Crippen molar-refractivity contribution in [3.8, 4) is 11.5 Å². The van der Waals surface area contributed by atoms with Crippen molar-refractivity contribution in [1.82, 2.24) is 0 Å². The van der Waals surface area contributed by atoms with Gasteiger partial charge >= 0.3 is 0 Å². The number of rotatable bonds is 7. The Hall–Kier alpha value is -2.07. The van der Waals surface area contributed by atoms with Crippen LogP contribution in [0.2, 0.25) is 0 Å². The summed E-state index contributed by atoms with van der Waals surface area (Å²) >= 11 is 0. The lowest BCUT2D eigenvalue weighted by Gasteiger charge is -2.09. The summed E-state index contributed by atoms with van der Waals surface area (Å²) < 4.78 is 23.8. The van der Waals surface area contributed by atoms with Crippen LogP contribution in [0.15, 0.2) is 48.5 Å². The van der Waals surface area contributed by atoms with E-state index in [-0.39, 0.29) is 5.82 Å². The lowest BCUT2D eigenvalue weighted by molar-refractivity contribution is 0.217. The van der Waals surface area contributed by atoms with E-state index in [1.54, 1.807) is 12.1 Å². The van der Waals surface area contributed by atoms with Gasteiger partial charge in [0.1, 0.15) is 30.5 Å². The quantitative estimate of drug-likeness (QED) is 0.790. The van der Waals surface area contributed by atoms with Crippen LogP contribution in [0.4, 0.5) is 4.39 Å². The zero-order valence-electron chi connectivity index (χ0n) is 11.2. The Morgan fingerprint density at radius 3 is 2.30 bits per heavy atom. The Kier molecular flexibility index (Phi) is 5.38. The normalized spacial score (nSPS) is 10.3. The summed E-state index contributed by atoms with van der Waals surface area (Å²) in [5, 5.41) is 0. The lowest BCUT2D eigenvalue weighted by Crippen LogP contribution is -2.09. The number of hydrogen-bond donors (Lipinski definition) is 1. The highest BCUT2D eigenvalue weighted by molar-refractivity contribution is 5.28. The van der Waals surface area contributed by atoms with E-state index in [1.807, 2.05) is 24.3 Å². The molecule has 0 aromatic heterocycles. The minimum Gasteiger partial charge on any atom is -0.490 e. The summed E-state index contributed by atoms with van der Waals surface area (Å²) in [6.07, 6.45) is 0.837. The van der Waals surface area contributed by atoms with Crippen LogP contribution in [-0.2, 0) is 6.42 Å². The molecular weight excluding hydrogens is 257 g/mol. The van der Waals surface area contributed by atoms with Crippen molar-refractivity contribution < 1.29 is 13.9 Å². The van der Waals surface area contributed by atoms with Crippen molar-refractivity contribution in [1.29, 1.82) is 0 Å². The SMILES string of the molecule is NCCc1cccc(OCCOc2ccc(F)cc2)c1. The molecule has 0 bridgehead atoms. The van der Waals surface area contributed by atoms with Crippen molar-refractivity contribution in [2.24, 2.45) is 5.73 Å². The number of ether oxygens (including phenoxy) is 2. The van der Waals surface area contributed by atoms with E-state index in [2.05, 4.69) is 0 Å². The van der Waals surface area contributed by atoms with Gasteiger partial charge in [-0.05, 0) is 54.9 Å². The van der Waals surface area contributed by atoms with Crippen LogP contribution in [-0.4, -0.2) is 19.8 Å². The molecule has 0 saturated carbocycles. The average molecular weight is 275 g/mol. The van der Waals surface area contributed by atoms with Gasteiger partial charge in [0, 0.05) is 0 Å². The molecule has 0 amide bonds. The molecule has 2 aromatic carbocycles. The molecule has 0 spiro atoms. The standard InChI is InChI=1S/C16H18FNO2/c17-14-4-6-15(7-5-14)19-10-11-20-16-3-1-2-13(12-16)8-9-18/h1-7,12H,8-11,18H2. The first-order chi connectivity index (χ1) is 9.78. The van der Waals surface area contributed by atoms with E-state index < -0.39 is 0 Å². The van der Waals surface area contributed by atoms with E-state index in [9.17, 15) is 4.39 Å². The maximum atomic E-state index is 12.7. The van der Waals surface area contributed by atoms with Gasteiger partial charge in [-0.2, -0.15) is 0 Å². The molecule has 0 aliphatic carbocycles. The molecule has 0 radical (unpaired) electrons. The average Bonchev–Trinajstić information content (AvgIpc) is 2.46. The lowest BCUT2D eigenvalue weighted by atomic mass is 10.1. The molecule has 0 aliphatic rings.